The smallest absolute Gasteiger partial charge is 0.349 e. The van der Waals surface area contributed by atoms with E-state index in [9.17, 15) is 9.59 Å². The van der Waals surface area contributed by atoms with E-state index in [1.807, 2.05) is 22.9 Å². The van der Waals surface area contributed by atoms with Crippen molar-refractivity contribution in [2.75, 3.05) is 6.54 Å². The third kappa shape index (κ3) is 2.00. The number of benzene rings is 1. The largest absolute Gasteiger partial charge is 0.422 e. The number of carbonyl (C=O) groups is 1. The first-order valence-corrected chi connectivity index (χ1v) is 7.04. The van der Waals surface area contributed by atoms with Crippen molar-refractivity contribution in [2.24, 2.45) is 0 Å². The van der Waals surface area contributed by atoms with Crippen LogP contribution in [0.25, 0.3) is 11.0 Å². The molecule has 0 radical (unpaired) electrons. The lowest BCUT2D eigenvalue weighted by molar-refractivity contribution is 0.0703. The maximum Gasteiger partial charge on any atom is 0.349 e. The minimum Gasteiger partial charge on any atom is -0.422 e. The fourth-order valence-electron chi connectivity index (χ4n) is 2.73. The number of aromatic nitrogens is 2. The van der Waals surface area contributed by atoms with Crippen molar-refractivity contribution < 1.29 is 9.21 Å². The Balaban J connectivity index is 1.71. The van der Waals surface area contributed by atoms with Crippen molar-refractivity contribution in [1.82, 2.24) is 14.5 Å². The van der Waals surface area contributed by atoms with Crippen LogP contribution in [0.3, 0.4) is 0 Å². The van der Waals surface area contributed by atoms with Gasteiger partial charge in [0.15, 0.2) is 0 Å². The zero-order valence-electron chi connectivity index (χ0n) is 11.7. The maximum atomic E-state index is 12.6. The van der Waals surface area contributed by atoms with Gasteiger partial charge in [-0.3, -0.25) is 4.79 Å². The van der Waals surface area contributed by atoms with Gasteiger partial charge >= 0.3 is 5.63 Å². The number of nitrogens with zero attached hydrogens (tertiary/aromatic N) is 3. The summed E-state index contributed by atoms with van der Waals surface area (Å²) in [5.74, 6) is 0.513. The van der Waals surface area contributed by atoms with E-state index in [0.717, 1.165) is 11.2 Å². The standard InChI is InChI=1S/C16H13N3O3/c20-15(19-8-7-18-6-5-17-14(18)10-19)12-9-11-3-1-2-4-13(11)22-16(12)21/h1-6,9H,7-8,10H2. The third-order valence-electron chi connectivity index (χ3n) is 3.90. The summed E-state index contributed by atoms with van der Waals surface area (Å²) in [6, 6.07) is 8.76. The Morgan fingerprint density at radius 2 is 2.09 bits per heavy atom. The molecule has 0 saturated heterocycles. The van der Waals surface area contributed by atoms with Gasteiger partial charge in [0.05, 0.1) is 6.54 Å². The number of hydrogen-bond donors (Lipinski definition) is 0. The number of rotatable bonds is 1. The number of carbonyl (C=O) groups excluding carboxylic acids is 1. The van der Waals surface area contributed by atoms with Crippen LogP contribution in [-0.2, 0) is 13.1 Å². The Hall–Kier alpha value is -2.89. The van der Waals surface area contributed by atoms with E-state index in [2.05, 4.69) is 4.98 Å². The summed E-state index contributed by atoms with van der Waals surface area (Å²) in [6.45, 7) is 1.63. The van der Waals surface area contributed by atoms with Gasteiger partial charge in [-0.15, -0.1) is 0 Å². The van der Waals surface area contributed by atoms with E-state index in [4.69, 9.17) is 4.42 Å². The average molecular weight is 295 g/mol. The molecule has 2 aromatic heterocycles. The average Bonchev–Trinajstić information content (AvgIpc) is 3.01. The van der Waals surface area contributed by atoms with E-state index in [1.165, 1.54) is 0 Å². The molecule has 1 aliphatic heterocycles. The summed E-state index contributed by atoms with van der Waals surface area (Å²) in [5, 5.41) is 0.740. The van der Waals surface area contributed by atoms with Crippen molar-refractivity contribution >= 4 is 16.9 Å². The van der Waals surface area contributed by atoms with Crippen LogP contribution in [0.1, 0.15) is 16.2 Å². The van der Waals surface area contributed by atoms with Gasteiger partial charge in [-0.2, -0.15) is 0 Å². The van der Waals surface area contributed by atoms with Crippen molar-refractivity contribution in [2.45, 2.75) is 13.1 Å². The van der Waals surface area contributed by atoms with Crippen LogP contribution < -0.4 is 5.63 Å². The van der Waals surface area contributed by atoms with Gasteiger partial charge in [0.25, 0.3) is 5.91 Å². The lowest BCUT2D eigenvalue weighted by Gasteiger charge is -2.27. The highest BCUT2D eigenvalue weighted by atomic mass is 16.4. The second-order valence-corrected chi connectivity index (χ2v) is 5.25. The maximum absolute atomic E-state index is 12.6. The summed E-state index contributed by atoms with van der Waals surface area (Å²) in [5.41, 5.74) is -0.0467. The highest BCUT2D eigenvalue weighted by molar-refractivity contribution is 5.96. The molecule has 22 heavy (non-hydrogen) atoms. The summed E-state index contributed by atoms with van der Waals surface area (Å²) >= 11 is 0. The topological polar surface area (TPSA) is 68.3 Å². The van der Waals surface area contributed by atoms with Gasteiger partial charge in [-0.1, -0.05) is 18.2 Å². The highest BCUT2D eigenvalue weighted by Gasteiger charge is 2.25. The molecule has 6 heteroatoms. The number of fused-ring (bicyclic) bond motifs is 2. The van der Waals surface area contributed by atoms with Crippen molar-refractivity contribution in [3.05, 3.63) is 64.5 Å². The van der Waals surface area contributed by atoms with Crippen LogP contribution in [-0.4, -0.2) is 26.9 Å². The van der Waals surface area contributed by atoms with Crippen LogP contribution in [0.5, 0.6) is 0 Å². The molecule has 0 atom stereocenters. The quantitative estimate of drug-likeness (QED) is 0.640. The summed E-state index contributed by atoms with van der Waals surface area (Å²) < 4.78 is 7.24. The summed E-state index contributed by atoms with van der Waals surface area (Å²) in [4.78, 5) is 30.6. The van der Waals surface area contributed by atoms with Crippen LogP contribution in [0.4, 0.5) is 0 Å². The Morgan fingerprint density at radius 1 is 1.23 bits per heavy atom. The van der Waals surface area contributed by atoms with Crippen LogP contribution in [0, 0.1) is 0 Å². The molecule has 1 aliphatic rings. The van der Waals surface area contributed by atoms with Gasteiger partial charge in [0.2, 0.25) is 0 Å². The van der Waals surface area contributed by atoms with Gasteiger partial charge in [0.1, 0.15) is 17.0 Å². The monoisotopic (exact) mass is 295 g/mol. The SMILES string of the molecule is O=C(c1cc2ccccc2oc1=O)N1CCn2ccnc2C1. The van der Waals surface area contributed by atoms with E-state index in [-0.39, 0.29) is 11.5 Å². The molecule has 0 bridgehead atoms. The van der Waals surface area contributed by atoms with Crippen LogP contribution >= 0.6 is 0 Å². The molecule has 110 valence electrons. The Morgan fingerprint density at radius 3 is 3.00 bits per heavy atom. The first-order valence-electron chi connectivity index (χ1n) is 7.04. The van der Waals surface area contributed by atoms with Crippen molar-refractivity contribution in [3.8, 4) is 0 Å². The summed E-state index contributed by atoms with van der Waals surface area (Å²) in [7, 11) is 0. The Bertz CT molecular complexity index is 926. The predicted octanol–water partition coefficient (Wildman–Crippen LogP) is 1.65. The first-order chi connectivity index (χ1) is 10.7. The second kappa shape index (κ2) is 4.84. The van der Waals surface area contributed by atoms with Gasteiger partial charge in [0, 0.05) is 30.9 Å². The predicted molar refractivity (Wildman–Crippen MR) is 79.5 cm³/mol. The van der Waals surface area contributed by atoms with E-state index < -0.39 is 5.63 Å². The molecule has 3 heterocycles. The van der Waals surface area contributed by atoms with Crippen molar-refractivity contribution in [3.63, 3.8) is 0 Å². The molecule has 6 nitrogen and oxygen atoms in total. The Labute approximate surface area is 125 Å². The molecule has 0 spiro atoms. The Kier molecular flexibility index (Phi) is 2.82. The fourth-order valence-corrected chi connectivity index (χ4v) is 2.73. The number of imidazole rings is 1. The molecule has 0 fully saturated rings. The first kappa shape index (κ1) is 12.8. The lowest BCUT2D eigenvalue weighted by atomic mass is 10.1. The van der Waals surface area contributed by atoms with Gasteiger partial charge in [-0.05, 0) is 12.1 Å². The van der Waals surface area contributed by atoms with E-state index >= 15 is 0 Å². The zero-order chi connectivity index (χ0) is 15.1. The normalized spacial score (nSPS) is 14.1. The number of para-hydroxylation sites is 1. The molecule has 3 aromatic rings. The summed E-state index contributed by atoms with van der Waals surface area (Å²) in [6.07, 6.45) is 3.61. The molecular formula is C16H13N3O3. The molecular weight excluding hydrogens is 282 g/mol. The number of amides is 1. The molecule has 0 saturated carbocycles. The van der Waals surface area contributed by atoms with Crippen LogP contribution in [0.2, 0.25) is 0 Å². The molecule has 4 rings (SSSR count). The van der Waals surface area contributed by atoms with Crippen molar-refractivity contribution in [1.29, 1.82) is 0 Å². The fraction of sp³-hybridized carbons (Fsp3) is 0.188. The number of hydrogen-bond acceptors (Lipinski definition) is 4. The van der Waals surface area contributed by atoms with Crippen LogP contribution in [0.15, 0.2) is 51.9 Å². The minimum absolute atomic E-state index is 0.0682. The molecule has 0 N–H and O–H groups in total. The molecule has 0 aliphatic carbocycles. The molecule has 0 unspecified atom stereocenters. The van der Waals surface area contributed by atoms with Gasteiger partial charge in [-0.25, -0.2) is 9.78 Å². The van der Waals surface area contributed by atoms with E-state index in [1.54, 1.807) is 29.3 Å². The molecule has 1 amide bonds. The minimum atomic E-state index is -0.599. The van der Waals surface area contributed by atoms with E-state index in [0.29, 0.717) is 25.2 Å². The zero-order valence-corrected chi connectivity index (χ0v) is 11.7. The third-order valence-corrected chi connectivity index (χ3v) is 3.90. The van der Waals surface area contributed by atoms with Gasteiger partial charge < -0.3 is 13.9 Å². The molecule has 1 aromatic carbocycles. The lowest BCUT2D eigenvalue weighted by Crippen LogP contribution is -2.40. The highest BCUT2D eigenvalue weighted by Crippen LogP contribution is 2.16. The second-order valence-electron chi connectivity index (χ2n) is 5.25.